The summed E-state index contributed by atoms with van der Waals surface area (Å²) in [6.45, 7) is 2.21. The third-order valence-electron chi connectivity index (χ3n) is 4.09. The van der Waals surface area contributed by atoms with Crippen LogP contribution in [0.15, 0.2) is 79.0 Å². The van der Waals surface area contributed by atoms with E-state index in [-0.39, 0.29) is 6.61 Å². The topological polar surface area (TPSA) is 49.8 Å². The molecule has 0 spiro atoms. The van der Waals surface area contributed by atoms with Crippen LogP contribution in [0, 0.1) is 0 Å². The van der Waals surface area contributed by atoms with E-state index in [0.717, 1.165) is 11.5 Å². The van der Waals surface area contributed by atoms with Crippen LogP contribution in [0.4, 0.5) is 0 Å². The van der Waals surface area contributed by atoms with Gasteiger partial charge >= 0.3 is 0 Å². The maximum absolute atomic E-state index is 6.10. The highest BCUT2D eigenvalue weighted by Gasteiger charge is 2.32. The molecule has 0 amide bonds. The van der Waals surface area contributed by atoms with E-state index in [4.69, 9.17) is 18.9 Å². The smallest absolute Gasteiger partial charge is 0.244 e. The first-order valence-corrected chi connectivity index (χ1v) is 8.84. The molecule has 0 aliphatic heterocycles. The van der Waals surface area contributed by atoms with Crippen molar-refractivity contribution >= 4 is 0 Å². The van der Waals surface area contributed by atoms with Gasteiger partial charge in [0.1, 0.15) is 17.2 Å². The first-order valence-electron chi connectivity index (χ1n) is 8.84. The van der Waals surface area contributed by atoms with Crippen molar-refractivity contribution < 1.29 is 18.9 Å². The van der Waals surface area contributed by atoms with E-state index < -0.39 is 5.79 Å². The number of nitrogens with zero attached hydrogens (tertiary/aromatic N) is 1. The number of hydrogen-bond donors (Lipinski definition) is 0. The molecule has 0 N–H and O–H groups in total. The Morgan fingerprint density at radius 2 is 1.48 bits per heavy atom. The molecule has 3 aromatic rings. The molecule has 27 heavy (non-hydrogen) atoms. The zero-order valence-corrected chi connectivity index (χ0v) is 15.5. The normalized spacial score (nSPS) is 12.8. The fraction of sp³-hybridized carbons (Fsp3) is 0.227. The second-order valence-corrected chi connectivity index (χ2v) is 5.91. The number of aromatic nitrogens is 1. The van der Waals surface area contributed by atoms with Gasteiger partial charge in [-0.3, -0.25) is 0 Å². The molecule has 1 heterocycles. The molecule has 0 aliphatic rings. The molecule has 0 aliphatic carbocycles. The molecule has 140 valence electrons. The molecule has 0 fully saturated rings. The van der Waals surface area contributed by atoms with E-state index in [1.54, 1.807) is 19.4 Å². The predicted octanol–water partition coefficient (Wildman–Crippen LogP) is 5.08. The minimum atomic E-state index is -0.903. The first kappa shape index (κ1) is 18.7. The number of ether oxygens (including phenoxy) is 4. The highest BCUT2D eigenvalue weighted by Crippen LogP contribution is 2.27. The monoisotopic (exact) mass is 365 g/mol. The van der Waals surface area contributed by atoms with Gasteiger partial charge in [-0.15, -0.1) is 0 Å². The summed E-state index contributed by atoms with van der Waals surface area (Å²) in [5.41, 5.74) is 0. The van der Waals surface area contributed by atoms with Crippen LogP contribution in [0.1, 0.15) is 13.3 Å². The van der Waals surface area contributed by atoms with Crippen LogP contribution in [-0.2, 0) is 4.74 Å². The Morgan fingerprint density at radius 1 is 0.815 bits per heavy atom. The van der Waals surface area contributed by atoms with Crippen LogP contribution in [-0.4, -0.2) is 24.5 Å². The molecule has 1 aromatic heterocycles. The number of benzene rings is 2. The van der Waals surface area contributed by atoms with Crippen molar-refractivity contribution in [3.63, 3.8) is 0 Å². The summed E-state index contributed by atoms with van der Waals surface area (Å²) in [4.78, 5) is 4.16. The third kappa shape index (κ3) is 5.21. The van der Waals surface area contributed by atoms with Crippen molar-refractivity contribution in [3.8, 4) is 23.1 Å². The highest BCUT2D eigenvalue weighted by molar-refractivity contribution is 5.35. The Morgan fingerprint density at radius 3 is 2.11 bits per heavy atom. The largest absolute Gasteiger partial charge is 0.471 e. The molecule has 1 unspecified atom stereocenters. The van der Waals surface area contributed by atoms with Gasteiger partial charge in [0.05, 0.1) is 0 Å². The summed E-state index contributed by atoms with van der Waals surface area (Å²) < 4.78 is 23.3. The average Bonchev–Trinajstić information content (AvgIpc) is 2.74. The minimum absolute atomic E-state index is 0.222. The molecule has 5 heteroatoms. The average molecular weight is 365 g/mol. The number of hydrogen-bond acceptors (Lipinski definition) is 5. The van der Waals surface area contributed by atoms with E-state index in [1.165, 1.54) is 0 Å². The lowest BCUT2D eigenvalue weighted by molar-refractivity contribution is -0.185. The fourth-order valence-corrected chi connectivity index (χ4v) is 2.48. The lowest BCUT2D eigenvalue weighted by atomic mass is 10.2. The molecule has 0 saturated carbocycles. The zero-order chi connectivity index (χ0) is 19.0. The molecular weight excluding hydrogens is 342 g/mol. The van der Waals surface area contributed by atoms with Gasteiger partial charge in [0.25, 0.3) is 0 Å². The van der Waals surface area contributed by atoms with Gasteiger partial charge in [-0.05, 0) is 42.5 Å². The molecule has 0 saturated heterocycles. The number of para-hydroxylation sites is 1. The van der Waals surface area contributed by atoms with E-state index in [0.29, 0.717) is 18.1 Å². The molecule has 5 nitrogen and oxygen atoms in total. The summed E-state index contributed by atoms with van der Waals surface area (Å²) in [6, 6.07) is 22.6. The van der Waals surface area contributed by atoms with E-state index in [9.17, 15) is 0 Å². The summed E-state index contributed by atoms with van der Waals surface area (Å²) in [6.07, 6.45) is 2.29. The van der Waals surface area contributed by atoms with Crippen LogP contribution in [0.5, 0.6) is 23.1 Å². The zero-order valence-electron chi connectivity index (χ0n) is 15.5. The lowest BCUT2D eigenvalue weighted by Gasteiger charge is -2.31. The van der Waals surface area contributed by atoms with Gasteiger partial charge < -0.3 is 18.9 Å². The van der Waals surface area contributed by atoms with Crippen molar-refractivity contribution in [1.82, 2.24) is 4.98 Å². The minimum Gasteiger partial charge on any atom is -0.471 e. The van der Waals surface area contributed by atoms with Crippen molar-refractivity contribution in [3.05, 3.63) is 79.0 Å². The predicted molar refractivity (Wildman–Crippen MR) is 103 cm³/mol. The van der Waals surface area contributed by atoms with E-state index in [2.05, 4.69) is 4.98 Å². The number of pyridine rings is 1. The summed E-state index contributed by atoms with van der Waals surface area (Å²) in [5, 5.41) is 0. The van der Waals surface area contributed by atoms with Gasteiger partial charge in [0.15, 0.2) is 6.61 Å². The Labute approximate surface area is 159 Å². The molecular formula is C22H23NO4. The second kappa shape index (κ2) is 9.05. The Balaban J connectivity index is 1.65. The van der Waals surface area contributed by atoms with Crippen molar-refractivity contribution in [2.24, 2.45) is 0 Å². The molecule has 0 bridgehead atoms. The first-order chi connectivity index (χ1) is 13.2. The second-order valence-electron chi connectivity index (χ2n) is 5.91. The lowest BCUT2D eigenvalue weighted by Crippen LogP contribution is -2.43. The number of rotatable bonds is 9. The van der Waals surface area contributed by atoms with Crippen molar-refractivity contribution in [2.45, 2.75) is 19.1 Å². The SMILES string of the molecule is CCC(COc1ccccn1)(OC)Oc1ccc(Oc2ccccc2)cc1. The standard InChI is InChI=1S/C22H23NO4/c1-3-22(24-2,17-25-21-11-7-8-16-23-21)27-20-14-12-19(13-15-20)26-18-9-5-4-6-10-18/h4-16H,3,17H2,1-2H3. The van der Waals surface area contributed by atoms with Crippen molar-refractivity contribution in [2.75, 3.05) is 13.7 Å². The molecule has 1 atom stereocenters. The van der Waals surface area contributed by atoms with Crippen LogP contribution >= 0.6 is 0 Å². The third-order valence-corrected chi connectivity index (χ3v) is 4.09. The molecule has 3 rings (SSSR count). The quantitative estimate of drug-likeness (QED) is 0.495. The van der Waals surface area contributed by atoms with Crippen LogP contribution in [0.3, 0.4) is 0 Å². The summed E-state index contributed by atoms with van der Waals surface area (Å²) in [5.74, 6) is 1.82. The van der Waals surface area contributed by atoms with E-state index in [1.807, 2.05) is 73.7 Å². The Kier molecular flexibility index (Phi) is 6.28. The maximum atomic E-state index is 6.10. The van der Waals surface area contributed by atoms with Gasteiger partial charge in [-0.25, -0.2) is 4.98 Å². The maximum Gasteiger partial charge on any atom is 0.244 e. The summed E-state index contributed by atoms with van der Waals surface area (Å²) in [7, 11) is 1.61. The number of methoxy groups -OCH3 is 1. The molecule has 0 radical (unpaired) electrons. The van der Waals surface area contributed by atoms with Gasteiger partial charge in [-0.1, -0.05) is 31.2 Å². The fourth-order valence-electron chi connectivity index (χ4n) is 2.48. The van der Waals surface area contributed by atoms with E-state index >= 15 is 0 Å². The van der Waals surface area contributed by atoms with Gasteiger partial charge in [-0.2, -0.15) is 0 Å². The van der Waals surface area contributed by atoms with Gasteiger partial charge in [0.2, 0.25) is 11.7 Å². The Bertz CT molecular complexity index is 803. The van der Waals surface area contributed by atoms with Gasteiger partial charge in [0, 0.05) is 25.8 Å². The van der Waals surface area contributed by atoms with Crippen LogP contribution in [0.2, 0.25) is 0 Å². The highest BCUT2D eigenvalue weighted by atomic mass is 16.7. The Hall–Kier alpha value is -3.05. The van der Waals surface area contributed by atoms with Crippen LogP contribution in [0.25, 0.3) is 0 Å². The molecule has 2 aromatic carbocycles. The summed E-state index contributed by atoms with van der Waals surface area (Å²) >= 11 is 0. The van der Waals surface area contributed by atoms with Crippen LogP contribution < -0.4 is 14.2 Å². The van der Waals surface area contributed by atoms with Crippen molar-refractivity contribution in [1.29, 1.82) is 0 Å².